The second-order valence-corrected chi connectivity index (χ2v) is 1.18. The van der Waals surface area contributed by atoms with E-state index in [2.05, 4.69) is 0 Å². The van der Waals surface area contributed by atoms with Gasteiger partial charge in [-0.25, -0.2) is 0 Å². The van der Waals surface area contributed by atoms with Crippen molar-refractivity contribution in [2.75, 3.05) is 41.9 Å². The molecule has 0 spiro atoms. The zero-order valence-corrected chi connectivity index (χ0v) is 6.91. The molecule has 15 heavy (non-hydrogen) atoms. The fourth-order valence-electron chi connectivity index (χ4n) is 0. The molecule has 0 amide bonds. The summed E-state index contributed by atoms with van der Waals surface area (Å²) in [6.07, 6.45) is 0. The van der Waals surface area contributed by atoms with Crippen LogP contribution in [0.4, 0.5) is 0 Å². The van der Waals surface area contributed by atoms with Crippen LogP contribution in [-0.4, -0.2) is 56.9 Å². The van der Waals surface area contributed by atoms with Crippen LogP contribution in [0.5, 0.6) is 0 Å². The topological polar surface area (TPSA) is 98.0 Å². The van der Waals surface area contributed by atoms with Crippen molar-refractivity contribution in [3.8, 4) is 0 Å². The Morgan fingerprint density at radius 1 is 0.667 bits per heavy atom. The Morgan fingerprint density at radius 3 is 0.867 bits per heavy atom. The molecule has 0 bridgehead atoms. The normalized spacial score (nSPS) is 29.6. The molecule has 0 rings (SSSR count). The Morgan fingerprint density at radius 2 is 0.867 bits per heavy atom. The molecular weight excluding hydrogens is 204 g/mol. The highest BCUT2D eigenvalue weighted by atomic mass is 16.3. The average Bonchev–Trinajstić information content (AvgIpc) is 2.40. The van der Waals surface area contributed by atoms with Gasteiger partial charge in [0.05, 0.1) is 15.9 Å². The van der Waals surface area contributed by atoms with Gasteiger partial charge in [0.25, 0.3) is 0 Å². The minimum Gasteiger partial charge on any atom is -0.267 e. The number of nitroso groups, excluding NO2 is 3. The summed E-state index contributed by atoms with van der Waals surface area (Å²) in [5.41, 5.74) is 0. The molecule has 0 heterocycles. The lowest BCUT2D eigenvalue weighted by Gasteiger charge is -1.90. The summed E-state index contributed by atoms with van der Waals surface area (Å²) in [7, 11) is 0. The van der Waals surface area contributed by atoms with Crippen molar-refractivity contribution in [3.05, 3.63) is 14.7 Å². The zero-order valence-electron chi connectivity index (χ0n) is 24.9. The van der Waals surface area contributed by atoms with Gasteiger partial charge in [0.2, 0.25) is 0 Å². The summed E-state index contributed by atoms with van der Waals surface area (Å²) < 4.78 is 118. The summed E-state index contributed by atoms with van der Waals surface area (Å²) in [6.45, 7) is -18.0. The van der Waals surface area contributed by atoms with Gasteiger partial charge >= 0.3 is 0 Å². The molecule has 0 aliphatic rings. The Bertz CT molecular complexity index is 487. The van der Waals surface area contributed by atoms with Crippen LogP contribution in [0.1, 0.15) is 24.7 Å². The number of rotatable bonds is 3. The first-order chi connectivity index (χ1) is 14.1. The molecule has 9 heteroatoms. The monoisotopic (exact) mass is 240 g/mol. The van der Waals surface area contributed by atoms with Gasteiger partial charge in [-0.15, -0.1) is 14.7 Å². The highest BCUT2D eigenvalue weighted by molar-refractivity contribution is 4.17. The maximum atomic E-state index is 9.75. The molecule has 0 aromatic rings. The number of hydrogen-bond acceptors (Lipinski definition) is 6. The van der Waals surface area contributed by atoms with Crippen molar-refractivity contribution in [1.82, 2.24) is 15.0 Å². The van der Waals surface area contributed by atoms with Crippen LogP contribution in [0.3, 0.4) is 0 Å². The minimum atomic E-state index is -3.01. The van der Waals surface area contributed by atoms with E-state index in [1.165, 1.54) is 0 Å². The van der Waals surface area contributed by atoms with Crippen molar-refractivity contribution in [2.45, 2.75) is 0 Å². The molecule has 0 radical (unpaired) electrons. The van der Waals surface area contributed by atoms with Gasteiger partial charge in [-0.05, 0) is 0 Å². The average molecular weight is 240 g/mol. The van der Waals surface area contributed by atoms with Gasteiger partial charge in [0, 0.05) is 66.5 Å². The van der Waals surface area contributed by atoms with Crippen molar-refractivity contribution >= 4 is 0 Å². The minimum absolute atomic E-state index is 0.431. The molecule has 0 unspecified atom stereocenters. The van der Waals surface area contributed by atoms with Gasteiger partial charge in [0.1, 0.15) is 0 Å². The van der Waals surface area contributed by atoms with Crippen LogP contribution in [0.2, 0.25) is 0 Å². The maximum Gasteiger partial charge on any atom is 0.0518 e. The van der Waals surface area contributed by atoms with Gasteiger partial charge in [-0.1, -0.05) is 0 Å². The SMILES string of the molecule is [2H]C([2H])([2H])N(N=O)C([2H])([2H])[2H].[2H]C([2H])([2H])N(N=O)C([2H])([2H])[2H].[2H]C([2H])([2H])N(N=O)C([2H])([2H])[2H]. The van der Waals surface area contributed by atoms with E-state index < -0.39 is 56.9 Å². The molecule has 0 fully saturated rings. The first kappa shape index (κ1) is 2.47. The van der Waals surface area contributed by atoms with E-state index in [4.69, 9.17) is 24.7 Å². The lowest BCUT2D eigenvalue weighted by atomic mass is 11.2. The van der Waals surface area contributed by atoms with Gasteiger partial charge in [-0.3, -0.25) is 15.0 Å². The van der Waals surface area contributed by atoms with E-state index in [0.717, 1.165) is 0 Å². The second kappa shape index (κ2) is 14.7. The van der Waals surface area contributed by atoms with Crippen LogP contribution < -0.4 is 0 Å². The molecule has 0 N–H and O–H groups in total. The van der Waals surface area contributed by atoms with E-state index in [9.17, 15) is 14.7 Å². The van der Waals surface area contributed by atoms with Crippen molar-refractivity contribution < 1.29 is 24.7 Å². The molecule has 0 saturated carbocycles. The highest BCUT2D eigenvalue weighted by Crippen LogP contribution is 1.65. The van der Waals surface area contributed by atoms with Crippen molar-refractivity contribution in [1.29, 1.82) is 0 Å². The van der Waals surface area contributed by atoms with E-state index in [1.54, 1.807) is 0 Å². The highest BCUT2D eigenvalue weighted by Gasteiger charge is 1.69. The molecule has 0 aromatic carbocycles. The fraction of sp³-hybridized carbons (Fsp3) is 1.00. The summed E-state index contributed by atoms with van der Waals surface area (Å²) >= 11 is 0. The summed E-state index contributed by atoms with van der Waals surface area (Å²) in [6, 6.07) is 0. The number of nitrogens with zero attached hydrogens (tertiary/aromatic N) is 6. The van der Waals surface area contributed by atoms with Crippen LogP contribution in [0.25, 0.3) is 0 Å². The fourth-order valence-corrected chi connectivity index (χ4v) is 0. The summed E-state index contributed by atoms with van der Waals surface area (Å²) in [5.74, 6) is 0. The van der Waals surface area contributed by atoms with E-state index in [1.807, 2.05) is 15.9 Å². The summed E-state index contributed by atoms with van der Waals surface area (Å²) in [5, 5.41) is 4.37. The van der Waals surface area contributed by atoms with Gasteiger partial charge in [0.15, 0.2) is 0 Å². The largest absolute Gasteiger partial charge is 0.267 e. The standard InChI is InChI=1S/3C2H6N2O/c3*1-4(2)3-5/h3*1-2H3/i3*1D3,2D3. The van der Waals surface area contributed by atoms with Crippen LogP contribution in [-0.2, 0) is 0 Å². The van der Waals surface area contributed by atoms with Crippen LogP contribution in [0.15, 0.2) is 15.9 Å². The first-order valence-corrected chi connectivity index (χ1v) is 2.49. The molecule has 90 valence electrons. The molecular formula is C6H18N6O3. The first-order valence-electron chi connectivity index (χ1n) is 11.5. The van der Waals surface area contributed by atoms with Gasteiger partial charge in [-0.2, -0.15) is 0 Å². The third kappa shape index (κ3) is 72.0. The van der Waals surface area contributed by atoms with Crippen molar-refractivity contribution in [3.63, 3.8) is 0 Å². The maximum absolute atomic E-state index is 9.75. The Balaban J connectivity index is -0.000000409. The van der Waals surface area contributed by atoms with E-state index in [0.29, 0.717) is 0 Å². The third-order valence-electron chi connectivity index (χ3n) is 0.245. The van der Waals surface area contributed by atoms with Crippen molar-refractivity contribution in [2.24, 2.45) is 15.9 Å². The Labute approximate surface area is 114 Å². The smallest absolute Gasteiger partial charge is 0.0518 e. The molecule has 0 aliphatic carbocycles. The molecule has 0 aliphatic heterocycles. The van der Waals surface area contributed by atoms with E-state index >= 15 is 0 Å². The predicted octanol–water partition coefficient (Wildman–Crippen LogP) is 0.688. The summed E-state index contributed by atoms with van der Waals surface area (Å²) in [4.78, 5) is 29.3. The van der Waals surface area contributed by atoms with E-state index in [-0.39, 0.29) is 0 Å². The number of hydrogen-bond donors (Lipinski definition) is 0. The second-order valence-electron chi connectivity index (χ2n) is 1.18. The molecule has 0 aromatic heterocycles. The Kier molecular flexibility index (Phi) is 2.42. The van der Waals surface area contributed by atoms with Crippen LogP contribution >= 0.6 is 0 Å². The Hall–Kier alpha value is -1.80. The van der Waals surface area contributed by atoms with Gasteiger partial charge < -0.3 is 0 Å². The molecule has 9 nitrogen and oxygen atoms in total. The zero-order chi connectivity index (χ0) is 27.9. The molecule has 0 atom stereocenters. The lowest BCUT2D eigenvalue weighted by molar-refractivity contribution is 0.431. The quantitative estimate of drug-likeness (QED) is 0.531. The third-order valence-corrected chi connectivity index (χ3v) is 0.245. The van der Waals surface area contributed by atoms with Crippen LogP contribution in [0, 0.1) is 14.7 Å². The lowest BCUT2D eigenvalue weighted by Crippen LogP contribution is -1.97. The molecule has 0 saturated heterocycles. The predicted molar refractivity (Wildman–Crippen MR) is 58.4 cm³/mol.